The van der Waals surface area contributed by atoms with Gasteiger partial charge in [0.15, 0.2) is 0 Å². The maximum atomic E-state index is 2.39. The van der Waals surface area contributed by atoms with E-state index >= 15 is 0 Å². The zero-order valence-electron chi connectivity index (χ0n) is 18.8. The normalized spacial score (nSPS) is 11.3. The molecule has 156 valence electrons. The van der Waals surface area contributed by atoms with Gasteiger partial charge in [-0.3, -0.25) is 0 Å². The molecular formula is C29H30As2. The first-order valence-electron chi connectivity index (χ1n) is 10.8. The molecule has 0 N–H and O–H groups in total. The van der Waals surface area contributed by atoms with Crippen LogP contribution in [0.1, 0.15) is 22.3 Å². The molecule has 4 aromatic rings. The van der Waals surface area contributed by atoms with Crippen LogP contribution in [0.5, 0.6) is 0 Å². The van der Waals surface area contributed by atoms with E-state index in [1.165, 1.54) is 26.3 Å². The van der Waals surface area contributed by atoms with Crippen LogP contribution >= 0.6 is 0 Å². The van der Waals surface area contributed by atoms with Gasteiger partial charge in [0.05, 0.1) is 0 Å². The molecule has 0 aliphatic heterocycles. The summed E-state index contributed by atoms with van der Waals surface area (Å²) in [7, 11) is 0. The van der Waals surface area contributed by atoms with Gasteiger partial charge >= 0.3 is 198 Å². The second-order valence-corrected chi connectivity index (χ2v) is 19.9. The fraction of sp³-hybridized carbons (Fsp3) is 0.172. The van der Waals surface area contributed by atoms with Crippen molar-refractivity contribution in [2.45, 2.75) is 31.7 Å². The number of hydrogen-bond donors (Lipinski definition) is 0. The molecule has 4 aromatic carbocycles. The van der Waals surface area contributed by atoms with Crippen LogP contribution in [0.4, 0.5) is 0 Å². The molecule has 0 saturated carbocycles. The van der Waals surface area contributed by atoms with Gasteiger partial charge in [0.2, 0.25) is 0 Å². The summed E-state index contributed by atoms with van der Waals surface area (Å²) in [6.45, 7) is 8.74. The Kier molecular flexibility index (Phi) is 7.22. The van der Waals surface area contributed by atoms with E-state index in [9.17, 15) is 0 Å². The Hall–Kier alpha value is -2.00. The third kappa shape index (κ3) is 5.63. The average molecular weight is 528 g/mol. The standard InChI is InChI=1S/C29H30As2/c1-22-5-13-26(14-6-22)30(27-15-7-23(2)8-16-27)21-31(28-17-9-24(3)10-18-28)29-19-11-25(4)12-20-29/h5-20H,21H2,1-4H3. The third-order valence-electron chi connectivity index (χ3n) is 5.67. The van der Waals surface area contributed by atoms with Crippen molar-refractivity contribution in [2.75, 3.05) is 0 Å². The van der Waals surface area contributed by atoms with E-state index in [2.05, 4.69) is 125 Å². The minimum atomic E-state index is -1.44. The predicted octanol–water partition coefficient (Wildman–Crippen LogP) is 4.38. The molecule has 0 aromatic heterocycles. The van der Waals surface area contributed by atoms with Gasteiger partial charge < -0.3 is 0 Å². The Morgan fingerprint density at radius 2 is 0.548 bits per heavy atom. The summed E-state index contributed by atoms with van der Waals surface area (Å²) in [5.41, 5.74) is 5.36. The molecule has 0 aliphatic rings. The maximum absolute atomic E-state index is 2.39. The molecule has 0 radical (unpaired) electrons. The van der Waals surface area contributed by atoms with Crippen LogP contribution in [0.15, 0.2) is 97.1 Å². The first kappa shape index (κ1) is 22.2. The molecule has 0 fully saturated rings. The predicted molar refractivity (Wildman–Crippen MR) is 140 cm³/mol. The summed E-state index contributed by atoms with van der Waals surface area (Å²) < 4.78 is 7.61. The fourth-order valence-corrected chi connectivity index (χ4v) is 21.4. The van der Waals surface area contributed by atoms with Crippen LogP contribution in [0.3, 0.4) is 0 Å². The molecule has 0 aliphatic carbocycles. The van der Waals surface area contributed by atoms with E-state index in [4.69, 9.17) is 0 Å². The van der Waals surface area contributed by atoms with Crippen LogP contribution in [-0.4, -0.2) is 29.3 Å². The summed E-state index contributed by atoms with van der Waals surface area (Å²) in [6, 6.07) is 37.5. The average Bonchev–Trinajstić information content (AvgIpc) is 2.78. The monoisotopic (exact) mass is 528 g/mol. The molecule has 4 rings (SSSR count). The van der Waals surface area contributed by atoms with Crippen molar-refractivity contribution < 1.29 is 0 Å². The molecule has 0 nitrogen and oxygen atoms in total. The topological polar surface area (TPSA) is 0 Å². The molecule has 0 bridgehead atoms. The molecule has 0 saturated heterocycles. The van der Waals surface area contributed by atoms with Gasteiger partial charge in [-0.2, -0.15) is 0 Å². The zero-order valence-corrected chi connectivity index (χ0v) is 22.6. The Morgan fingerprint density at radius 1 is 0.355 bits per heavy atom. The summed E-state index contributed by atoms with van der Waals surface area (Å²) in [4.78, 5) is 0. The number of aryl methyl sites for hydroxylation is 4. The van der Waals surface area contributed by atoms with Crippen molar-refractivity contribution in [2.24, 2.45) is 0 Å². The van der Waals surface area contributed by atoms with Gasteiger partial charge in [-0.15, -0.1) is 0 Å². The Balaban J connectivity index is 1.79. The van der Waals surface area contributed by atoms with Crippen LogP contribution in [0.2, 0.25) is 4.00 Å². The zero-order chi connectivity index (χ0) is 21.8. The van der Waals surface area contributed by atoms with Crippen molar-refractivity contribution in [3.8, 4) is 0 Å². The summed E-state index contributed by atoms with van der Waals surface area (Å²) >= 11 is -2.87. The van der Waals surface area contributed by atoms with Crippen molar-refractivity contribution in [3.05, 3.63) is 119 Å². The van der Waals surface area contributed by atoms with E-state index in [1.54, 1.807) is 17.4 Å². The van der Waals surface area contributed by atoms with Gasteiger partial charge in [0, 0.05) is 0 Å². The SMILES string of the molecule is Cc1ccc([As](C[As](c2ccc(C)cc2)c2ccc(C)cc2)c2ccc(C)cc2)cc1. The van der Waals surface area contributed by atoms with Gasteiger partial charge in [0.1, 0.15) is 0 Å². The van der Waals surface area contributed by atoms with Crippen molar-refractivity contribution >= 4 is 46.7 Å². The Bertz CT molecular complexity index is 925. The number of benzene rings is 4. The van der Waals surface area contributed by atoms with Crippen LogP contribution in [0, 0.1) is 27.7 Å². The van der Waals surface area contributed by atoms with Gasteiger partial charge in [-0.1, -0.05) is 0 Å². The number of rotatable bonds is 6. The first-order chi connectivity index (χ1) is 15.0. The van der Waals surface area contributed by atoms with Gasteiger partial charge in [0.25, 0.3) is 0 Å². The Morgan fingerprint density at radius 3 is 0.742 bits per heavy atom. The quantitative estimate of drug-likeness (QED) is 0.326. The number of hydrogen-bond acceptors (Lipinski definition) is 0. The first-order valence-corrected chi connectivity index (χ1v) is 17.2. The third-order valence-corrected chi connectivity index (χ3v) is 20.8. The summed E-state index contributed by atoms with van der Waals surface area (Å²) in [5, 5.41) is 0. The van der Waals surface area contributed by atoms with E-state index in [-0.39, 0.29) is 0 Å². The van der Waals surface area contributed by atoms with E-state index in [0.717, 1.165) is 0 Å². The molecule has 2 heteroatoms. The Labute approximate surface area is 196 Å². The van der Waals surface area contributed by atoms with Gasteiger partial charge in [-0.25, -0.2) is 0 Å². The van der Waals surface area contributed by atoms with Crippen molar-refractivity contribution in [1.29, 1.82) is 0 Å². The van der Waals surface area contributed by atoms with Gasteiger partial charge in [-0.05, 0) is 0 Å². The molecule has 0 amide bonds. The second kappa shape index (κ2) is 10.1. The van der Waals surface area contributed by atoms with E-state index in [0.29, 0.717) is 0 Å². The molecule has 31 heavy (non-hydrogen) atoms. The summed E-state index contributed by atoms with van der Waals surface area (Å²) in [6.07, 6.45) is 0. The molecule has 0 heterocycles. The van der Waals surface area contributed by atoms with Crippen LogP contribution in [-0.2, 0) is 0 Å². The second-order valence-electron chi connectivity index (χ2n) is 8.34. The van der Waals surface area contributed by atoms with Crippen LogP contribution in [0.25, 0.3) is 0 Å². The van der Waals surface area contributed by atoms with Crippen molar-refractivity contribution in [1.82, 2.24) is 0 Å². The van der Waals surface area contributed by atoms with E-state index < -0.39 is 29.3 Å². The molecule has 0 atom stereocenters. The van der Waals surface area contributed by atoms with E-state index in [1.807, 2.05) is 0 Å². The fourth-order valence-electron chi connectivity index (χ4n) is 3.66. The van der Waals surface area contributed by atoms with Crippen LogP contribution < -0.4 is 17.4 Å². The molecular weight excluding hydrogens is 498 g/mol. The van der Waals surface area contributed by atoms with Crippen molar-refractivity contribution in [3.63, 3.8) is 0 Å². The molecule has 0 unspecified atom stereocenters. The summed E-state index contributed by atoms with van der Waals surface area (Å²) in [5.74, 6) is 0. The minimum absolute atomic E-state index is 1.33. The molecule has 0 spiro atoms.